The second-order valence-corrected chi connectivity index (χ2v) is 3.17. The van der Waals surface area contributed by atoms with Crippen LogP contribution >= 0.6 is 23.2 Å². The predicted molar refractivity (Wildman–Crippen MR) is 47.8 cm³/mol. The Labute approximate surface area is 77.9 Å². The molecule has 2 rings (SSSR count). The average Bonchev–Trinajstić information content (AvgIpc) is 2.31. The zero-order valence-corrected chi connectivity index (χ0v) is 7.32. The minimum absolute atomic E-state index is 0.0382. The van der Waals surface area contributed by atoms with Gasteiger partial charge in [0.15, 0.2) is 0 Å². The highest BCUT2D eigenvalue weighted by atomic mass is 35.5. The molecule has 5 heteroatoms. The molecule has 2 aromatic rings. The van der Waals surface area contributed by atoms with Crippen LogP contribution in [0.3, 0.4) is 0 Å². The molecule has 0 aliphatic carbocycles. The number of fused-ring (bicyclic) bond motifs is 1. The Bertz CT molecular complexity index is 438. The fourth-order valence-electron chi connectivity index (χ4n) is 1.06. The third kappa shape index (κ3) is 1.02. The molecule has 62 valence electrons. The SMILES string of the molecule is Oc1cc(Cl)cc2n[nH]c(Cl)c12. The van der Waals surface area contributed by atoms with Crippen LogP contribution in [-0.4, -0.2) is 15.3 Å². The van der Waals surface area contributed by atoms with Gasteiger partial charge in [0.2, 0.25) is 0 Å². The zero-order chi connectivity index (χ0) is 8.72. The molecule has 0 aliphatic heterocycles. The molecule has 0 saturated carbocycles. The van der Waals surface area contributed by atoms with Gasteiger partial charge < -0.3 is 5.11 Å². The van der Waals surface area contributed by atoms with Crippen molar-refractivity contribution in [3.63, 3.8) is 0 Å². The molecule has 0 fully saturated rings. The lowest BCUT2D eigenvalue weighted by Crippen LogP contribution is -1.70. The van der Waals surface area contributed by atoms with Gasteiger partial charge in [-0.05, 0) is 12.1 Å². The summed E-state index contributed by atoms with van der Waals surface area (Å²) in [6.45, 7) is 0. The van der Waals surface area contributed by atoms with E-state index in [-0.39, 0.29) is 5.75 Å². The molecule has 2 N–H and O–H groups in total. The molecule has 12 heavy (non-hydrogen) atoms. The van der Waals surface area contributed by atoms with Gasteiger partial charge in [0.1, 0.15) is 10.9 Å². The van der Waals surface area contributed by atoms with Crippen molar-refractivity contribution < 1.29 is 5.11 Å². The number of rotatable bonds is 0. The number of hydrogen-bond acceptors (Lipinski definition) is 2. The fraction of sp³-hybridized carbons (Fsp3) is 0. The smallest absolute Gasteiger partial charge is 0.135 e. The van der Waals surface area contributed by atoms with Gasteiger partial charge in [0.25, 0.3) is 0 Å². The normalized spacial score (nSPS) is 10.8. The summed E-state index contributed by atoms with van der Waals surface area (Å²) in [6, 6.07) is 3.05. The first-order chi connectivity index (χ1) is 5.68. The van der Waals surface area contributed by atoms with Gasteiger partial charge in [-0.2, -0.15) is 5.10 Å². The predicted octanol–water partition coefficient (Wildman–Crippen LogP) is 2.58. The molecule has 0 unspecified atom stereocenters. The number of aromatic amines is 1. The molecule has 0 spiro atoms. The van der Waals surface area contributed by atoms with Crippen molar-refractivity contribution in [3.05, 3.63) is 22.3 Å². The maximum absolute atomic E-state index is 9.39. The lowest BCUT2D eigenvalue weighted by molar-refractivity contribution is 0.482. The summed E-state index contributed by atoms with van der Waals surface area (Å²) >= 11 is 11.4. The highest BCUT2D eigenvalue weighted by Crippen LogP contribution is 2.32. The standard InChI is InChI=1S/C7H4Cl2N2O/c8-3-1-4-6(5(12)2-3)7(9)11-10-4/h1-2,12H,(H,10,11). The van der Waals surface area contributed by atoms with E-state index in [9.17, 15) is 5.11 Å². The minimum Gasteiger partial charge on any atom is -0.507 e. The maximum Gasteiger partial charge on any atom is 0.135 e. The van der Waals surface area contributed by atoms with E-state index in [1.807, 2.05) is 0 Å². The second kappa shape index (κ2) is 2.54. The van der Waals surface area contributed by atoms with Crippen LogP contribution < -0.4 is 0 Å². The van der Waals surface area contributed by atoms with Gasteiger partial charge in [-0.25, -0.2) is 0 Å². The van der Waals surface area contributed by atoms with E-state index in [1.165, 1.54) is 6.07 Å². The van der Waals surface area contributed by atoms with Crippen molar-refractivity contribution in [2.45, 2.75) is 0 Å². The fourth-order valence-corrected chi connectivity index (χ4v) is 1.50. The van der Waals surface area contributed by atoms with E-state index in [1.54, 1.807) is 6.07 Å². The van der Waals surface area contributed by atoms with Crippen LogP contribution in [0.25, 0.3) is 10.9 Å². The van der Waals surface area contributed by atoms with E-state index in [0.717, 1.165) is 0 Å². The average molecular weight is 203 g/mol. The van der Waals surface area contributed by atoms with Crippen LogP contribution in [-0.2, 0) is 0 Å². The summed E-state index contributed by atoms with van der Waals surface area (Å²) in [4.78, 5) is 0. The summed E-state index contributed by atoms with van der Waals surface area (Å²) in [5.74, 6) is 0.0382. The lowest BCUT2D eigenvalue weighted by atomic mass is 10.2. The van der Waals surface area contributed by atoms with Crippen LogP contribution in [0.4, 0.5) is 0 Å². The number of phenolic OH excluding ortho intramolecular Hbond substituents is 1. The number of nitrogens with zero attached hydrogens (tertiary/aromatic N) is 1. The Kier molecular flexibility index (Phi) is 1.63. The molecular formula is C7H4Cl2N2O. The molecule has 0 saturated heterocycles. The number of aromatic nitrogens is 2. The molecule has 1 aromatic heterocycles. The largest absolute Gasteiger partial charge is 0.507 e. The number of phenols is 1. The van der Waals surface area contributed by atoms with Gasteiger partial charge >= 0.3 is 0 Å². The number of halogens is 2. The van der Waals surface area contributed by atoms with Crippen molar-refractivity contribution in [1.82, 2.24) is 10.2 Å². The molecule has 0 amide bonds. The first-order valence-electron chi connectivity index (χ1n) is 3.20. The van der Waals surface area contributed by atoms with Gasteiger partial charge in [-0.3, -0.25) is 5.10 Å². The van der Waals surface area contributed by atoms with Gasteiger partial charge in [-0.15, -0.1) is 0 Å². The van der Waals surface area contributed by atoms with Gasteiger partial charge in [-0.1, -0.05) is 23.2 Å². The Morgan fingerprint density at radius 1 is 1.33 bits per heavy atom. The molecule has 1 aromatic carbocycles. The summed E-state index contributed by atoms with van der Waals surface area (Å²) in [6.07, 6.45) is 0. The van der Waals surface area contributed by atoms with Crippen molar-refractivity contribution in [2.75, 3.05) is 0 Å². The Morgan fingerprint density at radius 3 is 2.83 bits per heavy atom. The zero-order valence-electron chi connectivity index (χ0n) is 5.81. The molecule has 3 nitrogen and oxygen atoms in total. The van der Waals surface area contributed by atoms with Crippen LogP contribution in [0.2, 0.25) is 10.2 Å². The molecular weight excluding hydrogens is 199 g/mol. The third-order valence-corrected chi connectivity index (χ3v) is 2.05. The summed E-state index contributed by atoms with van der Waals surface area (Å²) in [5, 5.41) is 17.0. The van der Waals surface area contributed by atoms with E-state index in [2.05, 4.69) is 10.2 Å². The second-order valence-electron chi connectivity index (χ2n) is 2.36. The van der Waals surface area contributed by atoms with E-state index in [4.69, 9.17) is 23.2 Å². The molecule has 0 radical (unpaired) electrons. The van der Waals surface area contributed by atoms with Crippen molar-refractivity contribution in [1.29, 1.82) is 0 Å². The maximum atomic E-state index is 9.39. The number of H-pyrrole nitrogens is 1. The van der Waals surface area contributed by atoms with Crippen LogP contribution in [0.5, 0.6) is 5.75 Å². The highest BCUT2D eigenvalue weighted by Gasteiger charge is 2.08. The van der Waals surface area contributed by atoms with E-state index >= 15 is 0 Å². The third-order valence-electron chi connectivity index (χ3n) is 1.56. The first kappa shape index (κ1) is 7.71. The Morgan fingerprint density at radius 2 is 2.08 bits per heavy atom. The lowest BCUT2D eigenvalue weighted by Gasteiger charge is -1.94. The molecule has 0 atom stereocenters. The van der Waals surface area contributed by atoms with Crippen molar-refractivity contribution >= 4 is 34.1 Å². The number of aromatic hydroxyl groups is 1. The van der Waals surface area contributed by atoms with Crippen molar-refractivity contribution in [2.24, 2.45) is 0 Å². The van der Waals surface area contributed by atoms with Gasteiger partial charge in [0.05, 0.1) is 10.9 Å². The monoisotopic (exact) mass is 202 g/mol. The van der Waals surface area contributed by atoms with Crippen molar-refractivity contribution in [3.8, 4) is 5.75 Å². The Balaban J connectivity index is 2.93. The molecule has 1 heterocycles. The summed E-state index contributed by atoms with van der Waals surface area (Å²) in [5.41, 5.74) is 0.560. The van der Waals surface area contributed by atoms with E-state index in [0.29, 0.717) is 21.1 Å². The van der Waals surface area contributed by atoms with E-state index < -0.39 is 0 Å². The highest BCUT2D eigenvalue weighted by molar-refractivity contribution is 6.36. The molecule has 0 bridgehead atoms. The number of benzene rings is 1. The number of hydrogen-bond donors (Lipinski definition) is 2. The van der Waals surface area contributed by atoms with Crippen LogP contribution in [0.1, 0.15) is 0 Å². The topological polar surface area (TPSA) is 48.9 Å². The first-order valence-corrected chi connectivity index (χ1v) is 3.96. The summed E-state index contributed by atoms with van der Waals surface area (Å²) in [7, 11) is 0. The van der Waals surface area contributed by atoms with Crippen LogP contribution in [0.15, 0.2) is 12.1 Å². The minimum atomic E-state index is 0.0382. The summed E-state index contributed by atoms with van der Waals surface area (Å²) < 4.78 is 0. The Hall–Kier alpha value is -0.930. The van der Waals surface area contributed by atoms with Crippen LogP contribution in [0, 0.1) is 0 Å². The number of nitrogens with one attached hydrogen (secondary N) is 1. The van der Waals surface area contributed by atoms with Gasteiger partial charge in [0, 0.05) is 5.02 Å². The molecule has 0 aliphatic rings. The quantitative estimate of drug-likeness (QED) is 0.691.